The number of hydrogen-bond acceptors (Lipinski definition) is 4. The molecular formula is C14H21ClN2O3S. The van der Waals surface area contributed by atoms with E-state index in [1.54, 1.807) is 12.1 Å². The molecule has 1 unspecified atom stereocenters. The van der Waals surface area contributed by atoms with Crippen molar-refractivity contribution in [2.45, 2.75) is 37.2 Å². The largest absolute Gasteiger partial charge is 0.380 e. The molecule has 118 valence electrons. The van der Waals surface area contributed by atoms with Gasteiger partial charge in [-0.05, 0) is 37.1 Å². The lowest BCUT2D eigenvalue weighted by atomic mass is 10.1. The third kappa shape index (κ3) is 4.66. The Morgan fingerprint density at radius 1 is 1.43 bits per heavy atom. The zero-order valence-corrected chi connectivity index (χ0v) is 13.6. The lowest BCUT2D eigenvalue weighted by Crippen LogP contribution is -2.40. The van der Waals surface area contributed by atoms with Crippen LogP contribution >= 0.6 is 11.6 Å². The van der Waals surface area contributed by atoms with Crippen molar-refractivity contribution in [3.8, 4) is 0 Å². The molecule has 1 aliphatic rings. The van der Waals surface area contributed by atoms with E-state index in [0.29, 0.717) is 24.8 Å². The summed E-state index contributed by atoms with van der Waals surface area (Å²) < 4.78 is 32.6. The first-order valence-corrected chi connectivity index (χ1v) is 8.98. The van der Waals surface area contributed by atoms with Crippen LogP contribution in [0.3, 0.4) is 0 Å². The van der Waals surface area contributed by atoms with E-state index >= 15 is 0 Å². The van der Waals surface area contributed by atoms with Crippen LogP contribution in [0.1, 0.15) is 25.3 Å². The fraction of sp³-hybridized carbons (Fsp3) is 0.571. The predicted molar refractivity (Wildman–Crippen MR) is 83.0 cm³/mol. The fourth-order valence-electron chi connectivity index (χ4n) is 2.22. The van der Waals surface area contributed by atoms with E-state index in [2.05, 4.69) is 10.0 Å². The zero-order valence-electron chi connectivity index (χ0n) is 12.1. The molecule has 0 aliphatic carbocycles. The minimum absolute atomic E-state index is 0.163. The molecule has 1 fully saturated rings. The highest BCUT2D eigenvalue weighted by molar-refractivity contribution is 7.89. The van der Waals surface area contributed by atoms with Crippen LogP contribution in [-0.2, 0) is 21.3 Å². The highest BCUT2D eigenvalue weighted by Crippen LogP contribution is 2.21. The van der Waals surface area contributed by atoms with E-state index in [4.69, 9.17) is 16.3 Å². The number of sulfonamides is 1. The maximum absolute atomic E-state index is 12.3. The maximum atomic E-state index is 12.3. The number of rotatable bonds is 6. The third-order valence-corrected chi connectivity index (χ3v) is 5.25. The lowest BCUT2D eigenvalue weighted by Gasteiger charge is -2.23. The molecule has 0 radical (unpaired) electrons. The van der Waals surface area contributed by atoms with Gasteiger partial charge in [-0.1, -0.05) is 24.6 Å². The molecule has 1 saturated heterocycles. The Balaban J connectivity index is 2.10. The first kappa shape index (κ1) is 16.7. The number of hydrogen-bond donors (Lipinski definition) is 2. The topological polar surface area (TPSA) is 67.4 Å². The predicted octanol–water partition coefficient (Wildman–Crippen LogP) is 1.91. The van der Waals surface area contributed by atoms with E-state index in [1.807, 2.05) is 6.92 Å². The molecule has 1 atom stereocenters. The molecule has 5 nitrogen and oxygen atoms in total. The SMILES string of the molecule is CCNCc1ccc(S(=O)(=O)NC2CCCOC2)cc1Cl. The lowest BCUT2D eigenvalue weighted by molar-refractivity contribution is 0.0774. The van der Waals surface area contributed by atoms with Gasteiger partial charge in [0.1, 0.15) is 0 Å². The van der Waals surface area contributed by atoms with Crippen LogP contribution < -0.4 is 10.0 Å². The van der Waals surface area contributed by atoms with Gasteiger partial charge in [0, 0.05) is 24.2 Å². The molecule has 1 aliphatic heterocycles. The molecule has 0 bridgehead atoms. The van der Waals surface area contributed by atoms with Crippen molar-refractivity contribution in [3.05, 3.63) is 28.8 Å². The fourth-order valence-corrected chi connectivity index (χ4v) is 3.81. The van der Waals surface area contributed by atoms with Crippen LogP contribution in [0, 0.1) is 0 Å². The summed E-state index contributed by atoms with van der Waals surface area (Å²) in [5.74, 6) is 0. The summed E-state index contributed by atoms with van der Waals surface area (Å²) in [4.78, 5) is 0.193. The first-order valence-electron chi connectivity index (χ1n) is 7.12. The van der Waals surface area contributed by atoms with Gasteiger partial charge >= 0.3 is 0 Å². The van der Waals surface area contributed by atoms with Crippen molar-refractivity contribution in [3.63, 3.8) is 0 Å². The number of ether oxygens (including phenoxy) is 1. The minimum atomic E-state index is -3.55. The van der Waals surface area contributed by atoms with Gasteiger partial charge in [-0.2, -0.15) is 0 Å². The average molecular weight is 333 g/mol. The second kappa shape index (κ2) is 7.56. The van der Waals surface area contributed by atoms with Gasteiger partial charge < -0.3 is 10.1 Å². The van der Waals surface area contributed by atoms with Crippen molar-refractivity contribution < 1.29 is 13.2 Å². The Hall–Kier alpha value is -0.660. The van der Waals surface area contributed by atoms with Gasteiger partial charge in [-0.15, -0.1) is 0 Å². The Morgan fingerprint density at radius 2 is 2.24 bits per heavy atom. The highest BCUT2D eigenvalue weighted by atomic mass is 35.5. The van der Waals surface area contributed by atoms with Gasteiger partial charge in [-0.25, -0.2) is 13.1 Å². The van der Waals surface area contributed by atoms with Gasteiger partial charge in [0.2, 0.25) is 10.0 Å². The molecule has 1 aromatic carbocycles. The molecule has 0 saturated carbocycles. The second-order valence-corrected chi connectivity index (χ2v) is 7.19. The van der Waals surface area contributed by atoms with Gasteiger partial charge in [0.05, 0.1) is 11.5 Å². The number of benzene rings is 1. The minimum Gasteiger partial charge on any atom is -0.380 e. The van der Waals surface area contributed by atoms with Gasteiger partial charge in [0.25, 0.3) is 0 Å². The number of halogens is 1. The van der Waals surface area contributed by atoms with Crippen LogP contribution in [-0.4, -0.2) is 34.2 Å². The van der Waals surface area contributed by atoms with Crippen molar-refractivity contribution in [1.82, 2.24) is 10.0 Å². The number of nitrogens with one attached hydrogen (secondary N) is 2. The molecule has 7 heteroatoms. The zero-order chi connectivity index (χ0) is 15.3. The summed E-state index contributed by atoms with van der Waals surface area (Å²) in [7, 11) is -3.55. The molecule has 21 heavy (non-hydrogen) atoms. The van der Waals surface area contributed by atoms with E-state index in [9.17, 15) is 8.42 Å². The molecule has 2 rings (SSSR count). The summed E-state index contributed by atoms with van der Waals surface area (Å²) in [6, 6.07) is 4.67. The van der Waals surface area contributed by atoms with Crippen molar-refractivity contribution >= 4 is 21.6 Å². The molecule has 2 N–H and O–H groups in total. The monoisotopic (exact) mass is 332 g/mol. The quantitative estimate of drug-likeness (QED) is 0.835. The van der Waals surface area contributed by atoms with E-state index in [-0.39, 0.29) is 10.9 Å². The molecular weight excluding hydrogens is 312 g/mol. The third-order valence-electron chi connectivity index (χ3n) is 3.38. The Labute approximate surface area is 131 Å². The van der Waals surface area contributed by atoms with Crippen LogP contribution in [0.2, 0.25) is 5.02 Å². The highest BCUT2D eigenvalue weighted by Gasteiger charge is 2.22. The molecule has 0 amide bonds. The van der Waals surface area contributed by atoms with Crippen molar-refractivity contribution in [2.75, 3.05) is 19.8 Å². The van der Waals surface area contributed by atoms with E-state index in [0.717, 1.165) is 24.9 Å². The summed E-state index contributed by atoms with van der Waals surface area (Å²) in [6.45, 7) is 4.58. The molecule has 1 aromatic rings. The van der Waals surface area contributed by atoms with E-state index < -0.39 is 10.0 Å². The standard InChI is InChI=1S/C14H21ClN2O3S/c1-2-16-9-11-5-6-13(8-14(11)15)21(18,19)17-12-4-3-7-20-10-12/h5-6,8,12,16-17H,2-4,7,9-10H2,1H3. The molecule has 0 spiro atoms. The van der Waals surface area contributed by atoms with Gasteiger partial charge in [-0.3, -0.25) is 0 Å². The Kier molecular flexibility index (Phi) is 6.01. The smallest absolute Gasteiger partial charge is 0.240 e. The van der Waals surface area contributed by atoms with Gasteiger partial charge in [0.15, 0.2) is 0 Å². The average Bonchev–Trinajstić information content (AvgIpc) is 2.46. The van der Waals surface area contributed by atoms with Crippen molar-refractivity contribution in [1.29, 1.82) is 0 Å². The van der Waals surface area contributed by atoms with Crippen LogP contribution in [0.25, 0.3) is 0 Å². The van der Waals surface area contributed by atoms with Crippen molar-refractivity contribution in [2.24, 2.45) is 0 Å². The summed E-state index contributed by atoms with van der Waals surface area (Å²) >= 11 is 6.16. The van der Waals surface area contributed by atoms with Crippen LogP contribution in [0.4, 0.5) is 0 Å². The Morgan fingerprint density at radius 3 is 2.86 bits per heavy atom. The van der Waals surface area contributed by atoms with Crippen LogP contribution in [0.5, 0.6) is 0 Å². The molecule has 0 aromatic heterocycles. The second-order valence-electron chi connectivity index (χ2n) is 5.07. The van der Waals surface area contributed by atoms with E-state index in [1.165, 1.54) is 6.07 Å². The summed E-state index contributed by atoms with van der Waals surface area (Å²) in [6.07, 6.45) is 1.67. The molecule has 1 heterocycles. The maximum Gasteiger partial charge on any atom is 0.240 e. The Bertz CT molecular complexity index is 572. The normalized spacial score (nSPS) is 19.6. The summed E-state index contributed by atoms with van der Waals surface area (Å²) in [5, 5.41) is 3.62. The first-order chi connectivity index (χ1) is 10.0. The van der Waals surface area contributed by atoms with Crippen LogP contribution in [0.15, 0.2) is 23.1 Å². The summed E-state index contributed by atoms with van der Waals surface area (Å²) in [5.41, 5.74) is 0.887.